The first-order valence-electron chi connectivity index (χ1n) is 4.90. The van der Waals surface area contributed by atoms with E-state index in [1.54, 1.807) is 18.2 Å². The van der Waals surface area contributed by atoms with Crippen LogP contribution in [-0.4, -0.2) is 29.4 Å². The predicted molar refractivity (Wildman–Crippen MR) is 53.7 cm³/mol. The second kappa shape index (κ2) is 3.31. The van der Waals surface area contributed by atoms with Crippen molar-refractivity contribution in [2.24, 2.45) is 5.92 Å². The van der Waals surface area contributed by atoms with E-state index in [9.17, 15) is 9.59 Å². The van der Waals surface area contributed by atoms with Crippen molar-refractivity contribution in [1.29, 1.82) is 0 Å². The highest BCUT2D eigenvalue weighted by atomic mass is 16.7. The lowest BCUT2D eigenvalue weighted by molar-refractivity contribution is -0.190. The molecule has 1 fully saturated rings. The molecule has 80 valence electrons. The van der Waals surface area contributed by atoms with Crippen LogP contribution >= 0.6 is 0 Å². The summed E-state index contributed by atoms with van der Waals surface area (Å²) >= 11 is 0. The number of carbonyl (C=O) groups excluding carboxylic acids is 2. The van der Waals surface area contributed by atoms with Crippen molar-refractivity contribution in [3.63, 3.8) is 0 Å². The van der Waals surface area contributed by atoms with Crippen LogP contribution in [0.1, 0.15) is 13.3 Å². The Morgan fingerprint density at radius 2 is 2.20 bits per heavy atom. The molecule has 1 saturated heterocycles. The number of hydrogen-bond acceptors (Lipinski definition) is 3. The first-order chi connectivity index (χ1) is 7.12. The number of amides is 1. The van der Waals surface area contributed by atoms with Crippen LogP contribution in [-0.2, 0) is 14.4 Å². The lowest BCUT2D eigenvalue weighted by Crippen LogP contribution is -2.49. The van der Waals surface area contributed by atoms with E-state index in [1.807, 2.05) is 6.92 Å². The van der Waals surface area contributed by atoms with E-state index in [2.05, 4.69) is 0 Å². The molecule has 1 aliphatic carbocycles. The number of hydrogen-bond donors (Lipinski definition) is 0. The van der Waals surface area contributed by atoms with Crippen molar-refractivity contribution in [2.75, 3.05) is 7.11 Å². The molecular weight excluding hydrogens is 194 g/mol. The molecule has 0 saturated carbocycles. The smallest absolute Gasteiger partial charge is 0.250 e. The third-order valence-electron chi connectivity index (χ3n) is 2.94. The number of allylic oxidation sites excluding steroid dienone is 2. The van der Waals surface area contributed by atoms with Gasteiger partial charge in [0.2, 0.25) is 5.91 Å². The zero-order chi connectivity index (χ0) is 11.1. The van der Waals surface area contributed by atoms with Gasteiger partial charge < -0.3 is 0 Å². The highest BCUT2D eigenvalue weighted by molar-refractivity contribution is 6.05. The Morgan fingerprint density at radius 1 is 1.47 bits per heavy atom. The number of hydroxylamine groups is 2. The van der Waals surface area contributed by atoms with Gasteiger partial charge in [0.1, 0.15) is 0 Å². The third kappa shape index (κ3) is 1.25. The van der Waals surface area contributed by atoms with Crippen LogP contribution < -0.4 is 0 Å². The summed E-state index contributed by atoms with van der Waals surface area (Å²) in [5, 5.41) is 1.19. The molecule has 0 aromatic rings. The molecule has 0 aromatic carbocycles. The van der Waals surface area contributed by atoms with Gasteiger partial charge in [0.15, 0.2) is 11.3 Å². The minimum Gasteiger partial charge on any atom is -0.292 e. The molecule has 1 amide bonds. The van der Waals surface area contributed by atoms with Crippen molar-refractivity contribution in [2.45, 2.75) is 18.9 Å². The standard InChI is InChI=1S/C11H13NO3/c1-8-7-11(12(15-2)10(8)14)6-4-3-5-9(11)13/h3-6,8H,7H2,1-2H3/t8-,11?/m0/s1. The lowest BCUT2D eigenvalue weighted by atomic mass is 9.86. The Kier molecular flexibility index (Phi) is 2.23. The van der Waals surface area contributed by atoms with Crippen LogP contribution in [0.15, 0.2) is 24.3 Å². The van der Waals surface area contributed by atoms with E-state index in [-0.39, 0.29) is 17.6 Å². The van der Waals surface area contributed by atoms with Gasteiger partial charge in [-0.1, -0.05) is 19.1 Å². The topological polar surface area (TPSA) is 46.6 Å². The van der Waals surface area contributed by atoms with Crippen LogP contribution in [0.5, 0.6) is 0 Å². The van der Waals surface area contributed by atoms with Gasteiger partial charge in [0.05, 0.1) is 7.11 Å². The molecule has 0 radical (unpaired) electrons. The Hall–Kier alpha value is -1.42. The van der Waals surface area contributed by atoms with Gasteiger partial charge in [-0.15, -0.1) is 0 Å². The van der Waals surface area contributed by atoms with Crippen LogP contribution in [0.25, 0.3) is 0 Å². The fourth-order valence-electron chi connectivity index (χ4n) is 2.21. The third-order valence-corrected chi connectivity index (χ3v) is 2.94. The summed E-state index contributed by atoms with van der Waals surface area (Å²) in [6.07, 6.45) is 7.16. The molecule has 2 rings (SSSR count). The van der Waals surface area contributed by atoms with Crippen LogP contribution in [0, 0.1) is 5.92 Å². The van der Waals surface area contributed by atoms with Crippen LogP contribution in [0.3, 0.4) is 0 Å². The predicted octanol–water partition coefficient (Wildman–Crippen LogP) is 0.850. The molecule has 2 atom stereocenters. The molecule has 1 heterocycles. The fraction of sp³-hybridized carbons (Fsp3) is 0.455. The van der Waals surface area contributed by atoms with Crippen molar-refractivity contribution < 1.29 is 14.4 Å². The quantitative estimate of drug-likeness (QED) is 0.640. The Labute approximate surface area is 88.1 Å². The summed E-state index contributed by atoms with van der Waals surface area (Å²) in [5.41, 5.74) is -0.903. The van der Waals surface area contributed by atoms with Gasteiger partial charge in [0.25, 0.3) is 0 Å². The van der Waals surface area contributed by atoms with E-state index in [4.69, 9.17) is 4.84 Å². The largest absolute Gasteiger partial charge is 0.292 e. The molecule has 15 heavy (non-hydrogen) atoms. The maximum atomic E-state index is 11.9. The summed E-state index contributed by atoms with van der Waals surface area (Å²) in [5.74, 6) is -0.402. The molecule has 0 bridgehead atoms. The SMILES string of the molecule is CON1C(=O)[C@@H](C)CC12C=CC=CC2=O. The molecular formula is C11H13NO3. The highest BCUT2D eigenvalue weighted by Gasteiger charge is 2.53. The number of rotatable bonds is 1. The van der Waals surface area contributed by atoms with E-state index in [0.717, 1.165) is 0 Å². The molecule has 2 aliphatic rings. The van der Waals surface area contributed by atoms with Gasteiger partial charge in [-0.25, -0.2) is 5.06 Å². The lowest BCUT2D eigenvalue weighted by Gasteiger charge is -2.32. The van der Waals surface area contributed by atoms with E-state index in [0.29, 0.717) is 6.42 Å². The van der Waals surface area contributed by atoms with Crippen LogP contribution in [0.2, 0.25) is 0 Å². The Balaban J connectivity index is 2.43. The summed E-state index contributed by atoms with van der Waals surface area (Å²) in [4.78, 5) is 28.6. The minimum absolute atomic E-state index is 0.0930. The Morgan fingerprint density at radius 3 is 2.80 bits per heavy atom. The first kappa shape index (κ1) is 10.1. The summed E-state index contributed by atoms with van der Waals surface area (Å²) in [6.45, 7) is 1.81. The molecule has 0 aromatic heterocycles. The number of ketones is 1. The zero-order valence-electron chi connectivity index (χ0n) is 8.77. The average Bonchev–Trinajstić information content (AvgIpc) is 2.45. The summed E-state index contributed by atoms with van der Waals surface area (Å²) in [7, 11) is 1.41. The van der Waals surface area contributed by atoms with Crippen molar-refractivity contribution >= 4 is 11.7 Å². The van der Waals surface area contributed by atoms with Gasteiger partial charge in [-0.2, -0.15) is 0 Å². The van der Waals surface area contributed by atoms with Crippen molar-refractivity contribution in [3.8, 4) is 0 Å². The van der Waals surface area contributed by atoms with Gasteiger partial charge >= 0.3 is 0 Å². The molecule has 4 nitrogen and oxygen atoms in total. The highest BCUT2D eigenvalue weighted by Crippen LogP contribution is 2.37. The normalized spacial score (nSPS) is 34.5. The minimum atomic E-state index is -0.903. The first-order valence-corrected chi connectivity index (χ1v) is 4.90. The summed E-state index contributed by atoms with van der Waals surface area (Å²) < 4.78 is 0. The maximum absolute atomic E-state index is 11.9. The second-order valence-electron chi connectivity index (χ2n) is 3.93. The Bertz CT molecular complexity index is 372. The van der Waals surface area contributed by atoms with Crippen LogP contribution in [0.4, 0.5) is 0 Å². The van der Waals surface area contributed by atoms with Gasteiger partial charge in [-0.05, 0) is 18.6 Å². The van der Waals surface area contributed by atoms with E-state index < -0.39 is 5.54 Å². The number of carbonyl (C=O) groups is 2. The second-order valence-corrected chi connectivity index (χ2v) is 3.93. The van der Waals surface area contributed by atoms with E-state index in [1.165, 1.54) is 18.2 Å². The molecule has 1 aliphatic heterocycles. The monoisotopic (exact) mass is 207 g/mol. The van der Waals surface area contributed by atoms with Crippen molar-refractivity contribution in [1.82, 2.24) is 5.06 Å². The molecule has 1 spiro atoms. The molecule has 0 N–H and O–H groups in total. The van der Waals surface area contributed by atoms with Crippen molar-refractivity contribution in [3.05, 3.63) is 24.3 Å². The average molecular weight is 207 g/mol. The molecule has 1 unspecified atom stereocenters. The van der Waals surface area contributed by atoms with Gasteiger partial charge in [0, 0.05) is 5.92 Å². The summed E-state index contributed by atoms with van der Waals surface area (Å²) in [6, 6.07) is 0. The molecule has 4 heteroatoms. The number of nitrogens with zero attached hydrogens (tertiary/aromatic N) is 1. The van der Waals surface area contributed by atoms with E-state index >= 15 is 0 Å². The fourth-order valence-corrected chi connectivity index (χ4v) is 2.21. The van der Waals surface area contributed by atoms with Gasteiger partial charge in [-0.3, -0.25) is 14.4 Å². The maximum Gasteiger partial charge on any atom is 0.250 e. The zero-order valence-corrected chi connectivity index (χ0v) is 8.77.